The van der Waals surface area contributed by atoms with Gasteiger partial charge in [-0.25, -0.2) is 9.67 Å². The zero-order valence-electron chi connectivity index (χ0n) is 13.4. The van der Waals surface area contributed by atoms with Crippen LogP contribution in [0.2, 0.25) is 0 Å². The van der Waals surface area contributed by atoms with E-state index in [9.17, 15) is 9.59 Å². The highest BCUT2D eigenvalue weighted by Gasteiger charge is 2.10. The maximum Gasteiger partial charge on any atom is 0.251 e. The summed E-state index contributed by atoms with van der Waals surface area (Å²) in [5.74, 6) is 0.121. The average molecular weight is 335 g/mol. The van der Waals surface area contributed by atoms with Crippen molar-refractivity contribution < 1.29 is 9.59 Å². The molecule has 2 N–H and O–H groups in total. The van der Waals surface area contributed by atoms with Crippen LogP contribution in [0.4, 0.5) is 5.69 Å². The highest BCUT2D eigenvalue weighted by atomic mass is 16.2. The number of carbonyl (C=O) groups is 2. The standard InChI is InChI=1S/C18H17N5O2/c24-16(9-12-20-18(25)14-6-2-1-3-7-14)22-15-8-4-10-19-17(15)23-13-5-11-21-23/h1-8,10-11,13H,9,12H2,(H,20,25)(H,22,24). The fourth-order valence-electron chi connectivity index (χ4n) is 2.27. The molecule has 7 nitrogen and oxygen atoms in total. The Balaban J connectivity index is 1.54. The largest absolute Gasteiger partial charge is 0.352 e. The molecule has 126 valence electrons. The predicted molar refractivity (Wildman–Crippen MR) is 93.4 cm³/mol. The summed E-state index contributed by atoms with van der Waals surface area (Å²) >= 11 is 0. The molecule has 25 heavy (non-hydrogen) atoms. The molecule has 3 aromatic rings. The van der Waals surface area contributed by atoms with Crippen molar-refractivity contribution in [3.8, 4) is 5.82 Å². The third-order valence-electron chi connectivity index (χ3n) is 3.46. The van der Waals surface area contributed by atoms with E-state index in [4.69, 9.17) is 0 Å². The summed E-state index contributed by atoms with van der Waals surface area (Å²) in [6, 6.07) is 14.1. The van der Waals surface area contributed by atoms with Gasteiger partial charge in [0.15, 0.2) is 5.82 Å². The Morgan fingerprint density at radius 1 is 1.00 bits per heavy atom. The van der Waals surface area contributed by atoms with E-state index in [-0.39, 0.29) is 24.8 Å². The molecule has 0 radical (unpaired) electrons. The number of nitrogens with zero attached hydrogens (tertiary/aromatic N) is 3. The number of benzene rings is 1. The molecule has 3 rings (SSSR count). The third-order valence-corrected chi connectivity index (χ3v) is 3.46. The summed E-state index contributed by atoms with van der Waals surface area (Å²) in [7, 11) is 0. The Bertz CT molecular complexity index is 847. The molecule has 2 heterocycles. The normalized spacial score (nSPS) is 10.2. The lowest BCUT2D eigenvalue weighted by molar-refractivity contribution is -0.116. The van der Waals surface area contributed by atoms with Crippen LogP contribution in [0.25, 0.3) is 5.82 Å². The van der Waals surface area contributed by atoms with Gasteiger partial charge in [-0.1, -0.05) is 18.2 Å². The summed E-state index contributed by atoms with van der Waals surface area (Å²) in [4.78, 5) is 28.3. The Morgan fingerprint density at radius 2 is 1.84 bits per heavy atom. The topological polar surface area (TPSA) is 88.9 Å². The first-order chi connectivity index (χ1) is 12.2. The number of hydrogen-bond acceptors (Lipinski definition) is 4. The molecule has 0 unspecified atom stereocenters. The van der Waals surface area contributed by atoms with Crippen molar-refractivity contribution in [2.24, 2.45) is 0 Å². The molecule has 7 heteroatoms. The van der Waals surface area contributed by atoms with E-state index in [1.165, 1.54) is 0 Å². The number of rotatable bonds is 6. The highest BCUT2D eigenvalue weighted by Crippen LogP contribution is 2.16. The van der Waals surface area contributed by atoms with E-state index in [2.05, 4.69) is 20.7 Å². The van der Waals surface area contributed by atoms with Crippen LogP contribution in [-0.2, 0) is 4.79 Å². The second kappa shape index (κ2) is 7.87. The van der Waals surface area contributed by atoms with Crippen molar-refractivity contribution >= 4 is 17.5 Å². The lowest BCUT2D eigenvalue weighted by Gasteiger charge is -2.10. The lowest BCUT2D eigenvalue weighted by Crippen LogP contribution is -2.27. The van der Waals surface area contributed by atoms with E-state index in [1.807, 2.05) is 6.07 Å². The Kier molecular flexibility index (Phi) is 5.16. The quantitative estimate of drug-likeness (QED) is 0.721. The molecular formula is C18H17N5O2. The molecule has 0 saturated carbocycles. The Labute approximate surface area is 144 Å². The molecule has 0 spiro atoms. The van der Waals surface area contributed by atoms with Crippen molar-refractivity contribution in [1.29, 1.82) is 0 Å². The van der Waals surface area contributed by atoms with Gasteiger partial charge >= 0.3 is 0 Å². The van der Waals surface area contributed by atoms with Gasteiger partial charge in [0.05, 0.1) is 5.69 Å². The molecule has 2 amide bonds. The minimum atomic E-state index is -0.213. The van der Waals surface area contributed by atoms with Crippen molar-refractivity contribution in [3.05, 3.63) is 72.7 Å². The highest BCUT2D eigenvalue weighted by molar-refractivity contribution is 5.95. The Hall–Kier alpha value is -3.48. The fraction of sp³-hybridized carbons (Fsp3) is 0.111. The van der Waals surface area contributed by atoms with E-state index >= 15 is 0 Å². The molecule has 0 bridgehead atoms. The van der Waals surface area contributed by atoms with Gasteiger partial charge in [0.2, 0.25) is 5.91 Å². The van der Waals surface area contributed by atoms with Crippen LogP contribution in [0.3, 0.4) is 0 Å². The van der Waals surface area contributed by atoms with Gasteiger partial charge in [0, 0.05) is 37.1 Å². The average Bonchev–Trinajstić information content (AvgIpc) is 3.17. The smallest absolute Gasteiger partial charge is 0.251 e. The summed E-state index contributed by atoms with van der Waals surface area (Å²) in [6.07, 6.45) is 5.18. The monoisotopic (exact) mass is 335 g/mol. The molecule has 0 saturated heterocycles. The zero-order chi connectivity index (χ0) is 17.5. The van der Waals surface area contributed by atoms with Gasteiger partial charge < -0.3 is 10.6 Å². The van der Waals surface area contributed by atoms with Gasteiger partial charge in [-0.3, -0.25) is 9.59 Å². The van der Waals surface area contributed by atoms with E-state index < -0.39 is 0 Å². The Morgan fingerprint density at radius 3 is 2.60 bits per heavy atom. The van der Waals surface area contributed by atoms with Crippen LogP contribution in [0.15, 0.2) is 67.1 Å². The number of aromatic nitrogens is 3. The fourth-order valence-corrected chi connectivity index (χ4v) is 2.27. The van der Waals surface area contributed by atoms with Gasteiger partial charge in [0.1, 0.15) is 0 Å². The summed E-state index contributed by atoms with van der Waals surface area (Å²) in [6.45, 7) is 0.247. The number of amides is 2. The first-order valence-corrected chi connectivity index (χ1v) is 7.82. The van der Waals surface area contributed by atoms with Gasteiger partial charge in [-0.2, -0.15) is 5.10 Å². The number of carbonyl (C=O) groups excluding carboxylic acids is 2. The van der Waals surface area contributed by atoms with Crippen molar-refractivity contribution in [2.75, 3.05) is 11.9 Å². The van der Waals surface area contributed by atoms with Crippen LogP contribution in [0.5, 0.6) is 0 Å². The van der Waals surface area contributed by atoms with Gasteiger partial charge in [-0.15, -0.1) is 0 Å². The number of pyridine rings is 1. The molecule has 0 atom stereocenters. The maximum atomic E-state index is 12.1. The van der Waals surface area contributed by atoms with Crippen molar-refractivity contribution in [3.63, 3.8) is 0 Å². The second-order valence-electron chi connectivity index (χ2n) is 5.25. The molecule has 0 fully saturated rings. The van der Waals surface area contributed by atoms with Crippen LogP contribution in [0, 0.1) is 0 Å². The van der Waals surface area contributed by atoms with Crippen molar-refractivity contribution in [1.82, 2.24) is 20.1 Å². The molecule has 0 aliphatic heterocycles. The SMILES string of the molecule is O=C(CCNC(=O)c1ccccc1)Nc1cccnc1-n1cccn1. The molecule has 2 aromatic heterocycles. The minimum Gasteiger partial charge on any atom is -0.352 e. The van der Waals surface area contributed by atoms with Crippen LogP contribution in [0.1, 0.15) is 16.8 Å². The van der Waals surface area contributed by atoms with E-state index in [1.54, 1.807) is 65.7 Å². The van der Waals surface area contributed by atoms with E-state index in [0.29, 0.717) is 17.1 Å². The summed E-state index contributed by atoms with van der Waals surface area (Å²) in [5.41, 5.74) is 1.13. The molecule has 1 aromatic carbocycles. The first kappa shape index (κ1) is 16.4. The van der Waals surface area contributed by atoms with Crippen LogP contribution >= 0.6 is 0 Å². The molecule has 0 aliphatic carbocycles. The van der Waals surface area contributed by atoms with E-state index in [0.717, 1.165) is 0 Å². The predicted octanol–water partition coefficient (Wildman–Crippen LogP) is 2.03. The lowest BCUT2D eigenvalue weighted by atomic mass is 10.2. The summed E-state index contributed by atoms with van der Waals surface area (Å²) < 4.78 is 1.58. The minimum absolute atomic E-state index is 0.159. The number of hydrogen-bond donors (Lipinski definition) is 2. The van der Waals surface area contributed by atoms with Crippen molar-refractivity contribution in [2.45, 2.75) is 6.42 Å². The van der Waals surface area contributed by atoms with Crippen LogP contribution in [-0.4, -0.2) is 33.1 Å². The third kappa shape index (κ3) is 4.29. The summed E-state index contributed by atoms with van der Waals surface area (Å²) in [5, 5.41) is 9.64. The van der Waals surface area contributed by atoms with Gasteiger partial charge in [0.25, 0.3) is 5.91 Å². The number of nitrogens with one attached hydrogen (secondary N) is 2. The zero-order valence-corrected chi connectivity index (χ0v) is 13.4. The maximum absolute atomic E-state index is 12.1. The number of anilines is 1. The second-order valence-corrected chi connectivity index (χ2v) is 5.25. The molecule has 0 aliphatic rings. The van der Waals surface area contributed by atoms with Crippen LogP contribution < -0.4 is 10.6 Å². The first-order valence-electron chi connectivity index (χ1n) is 7.82. The molecular weight excluding hydrogens is 318 g/mol. The van der Waals surface area contributed by atoms with Gasteiger partial charge in [-0.05, 0) is 30.3 Å².